The van der Waals surface area contributed by atoms with Crippen LogP contribution in [0.4, 0.5) is 5.69 Å². The molecule has 2 aromatic rings. The number of hydrogen-bond donors (Lipinski definition) is 1. The lowest BCUT2D eigenvalue weighted by molar-refractivity contribution is -0.142. The highest BCUT2D eigenvalue weighted by atomic mass is 16.5. The number of carbonyl (C=O) groups is 2. The van der Waals surface area contributed by atoms with Gasteiger partial charge in [-0.05, 0) is 56.5 Å². The number of nitriles is 1. The molecule has 0 saturated heterocycles. The standard InChI is InChI=1S/C22H23N3O4/c1-14-9-16(15(2)25(14)19-7-8-19)10-17(12-23)22(27)29-13-21(26)24-18-5-4-6-20(11-18)28-3/h4-6,9-11,19H,7-8,13H2,1-3H3,(H,24,26)/b17-10+. The molecule has 1 aliphatic rings. The number of aromatic nitrogens is 1. The lowest BCUT2D eigenvalue weighted by Crippen LogP contribution is -2.21. The highest BCUT2D eigenvalue weighted by molar-refractivity contribution is 6.00. The third-order valence-corrected chi connectivity index (χ3v) is 4.76. The van der Waals surface area contributed by atoms with Gasteiger partial charge in [0, 0.05) is 29.2 Å². The molecule has 0 spiro atoms. The van der Waals surface area contributed by atoms with Crippen molar-refractivity contribution >= 4 is 23.6 Å². The lowest BCUT2D eigenvalue weighted by Gasteiger charge is -2.08. The Kier molecular flexibility index (Phi) is 6.03. The summed E-state index contributed by atoms with van der Waals surface area (Å²) in [5, 5.41) is 12.0. The van der Waals surface area contributed by atoms with Crippen molar-refractivity contribution in [3.63, 3.8) is 0 Å². The smallest absolute Gasteiger partial charge is 0.349 e. The summed E-state index contributed by atoms with van der Waals surface area (Å²) in [5.74, 6) is -0.737. The third kappa shape index (κ3) is 4.85. The Hall–Kier alpha value is -3.53. The van der Waals surface area contributed by atoms with Crippen molar-refractivity contribution in [2.45, 2.75) is 32.7 Å². The van der Waals surface area contributed by atoms with E-state index in [1.165, 1.54) is 13.2 Å². The first-order chi connectivity index (χ1) is 13.9. The average molecular weight is 393 g/mol. The van der Waals surface area contributed by atoms with E-state index in [2.05, 4.69) is 9.88 Å². The molecule has 7 nitrogen and oxygen atoms in total. The SMILES string of the molecule is COc1cccc(NC(=O)COC(=O)/C(C#N)=C/c2cc(C)n(C3CC3)c2C)c1. The third-order valence-electron chi connectivity index (χ3n) is 4.76. The molecular weight excluding hydrogens is 370 g/mol. The van der Waals surface area contributed by atoms with E-state index in [1.807, 2.05) is 26.0 Å². The van der Waals surface area contributed by atoms with Crippen molar-refractivity contribution in [1.29, 1.82) is 5.26 Å². The van der Waals surface area contributed by atoms with Crippen LogP contribution in [-0.4, -0.2) is 30.2 Å². The van der Waals surface area contributed by atoms with E-state index in [4.69, 9.17) is 9.47 Å². The Balaban J connectivity index is 1.63. The Morgan fingerprint density at radius 2 is 2.07 bits per heavy atom. The van der Waals surface area contributed by atoms with Crippen LogP contribution in [0.3, 0.4) is 0 Å². The maximum atomic E-state index is 12.3. The Morgan fingerprint density at radius 3 is 2.72 bits per heavy atom. The zero-order valence-electron chi connectivity index (χ0n) is 16.7. The molecule has 1 fully saturated rings. The number of esters is 1. The summed E-state index contributed by atoms with van der Waals surface area (Å²) in [7, 11) is 1.53. The second-order valence-corrected chi connectivity index (χ2v) is 6.95. The molecule has 150 valence electrons. The van der Waals surface area contributed by atoms with Crippen LogP contribution in [0, 0.1) is 25.2 Å². The zero-order valence-corrected chi connectivity index (χ0v) is 16.7. The van der Waals surface area contributed by atoms with Gasteiger partial charge >= 0.3 is 5.97 Å². The number of aryl methyl sites for hydroxylation is 1. The predicted molar refractivity (Wildman–Crippen MR) is 108 cm³/mol. The van der Waals surface area contributed by atoms with E-state index in [0.29, 0.717) is 17.5 Å². The summed E-state index contributed by atoms with van der Waals surface area (Å²) in [6, 6.07) is 11.2. The lowest BCUT2D eigenvalue weighted by atomic mass is 10.1. The number of carbonyl (C=O) groups excluding carboxylic acids is 2. The van der Waals surface area contributed by atoms with E-state index < -0.39 is 18.5 Å². The summed E-state index contributed by atoms with van der Waals surface area (Å²) in [6.45, 7) is 3.49. The molecule has 1 aromatic heterocycles. The van der Waals surface area contributed by atoms with E-state index in [0.717, 1.165) is 29.8 Å². The number of benzene rings is 1. The Morgan fingerprint density at radius 1 is 1.31 bits per heavy atom. The number of hydrogen-bond acceptors (Lipinski definition) is 5. The molecule has 0 aliphatic heterocycles. The quantitative estimate of drug-likeness (QED) is 0.441. The van der Waals surface area contributed by atoms with Crippen LogP contribution in [0.1, 0.15) is 35.8 Å². The van der Waals surface area contributed by atoms with E-state index in [9.17, 15) is 14.9 Å². The van der Waals surface area contributed by atoms with Crippen molar-refractivity contribution in [2.75, 3.05) is 19.0 Å². The molecule has 29 heavy (non-hydrogen) atoms. The summed E-state index contributed by atoms with van der Waals surface area (Å²) in [5.41, 5.74) is 3.30. The fourth-order valence-corrected chi connectivity index (χ4v) is 3.24. The predicted octanol–water partition coefficient (Wildman–Crippen LogP) is 3.54. The van der Waals surface area contributed by atoms with Gasteiger partial charge in [-0.1, -0.05) is 6.07 Å². The molecule has 0 bridgehead atoms. The Labute approximate surface area is 169 Å². The summed E-state index contributed by atoms with van der Waals surface area (Å²) >= 11 is 0. The number of nitrogens with zero attached hydrogens (tertiary/aromatic N) is 2. The first-order valence-electron chi connectivity index (χ1n) is 9.34. The maximum Gasteiger partial charge on any atom is 0.349 e. The fraction of sp³-hybridized carbons (Fsp3) is 0.318. The fourth-order valence-electron chi connectivity index (χ4n) is 3.24. The molecule has 0 radical (unpaired) electrons. The van der Waals surface area contributed by atoms with Gasteiger partial charge in [-0.2, -0.15) is 5.26 Å². The monoisotopic (exact) mass is 393 g/mol. The highest BCUT2D eigenvalue weighted by Gasteiger charge is 2.27. The molecule has 1 saturated carbocycles. The van der Waals surface area contributed by atoms with Gasteiger partial charge in [0.1, 0.15) is 17.4 Å². The van der Waals surface area contributed by atoms with Gasteiger partial charge in [-0.3, -0.25) is 4.79 Å². The van der Waals surface area contributed by atoms with Crippen LogP contribution in [0.25, 0.3) is 6.08 Å². The molecule has 1 aliphatic carbocycles. The van der Waals surface area contributed by atoms with Crippen molar-refractivity contribution in [1.82, 2.24) is 4.57 Å². The molecule has 1 amide bonds. The van der Waals surface area contributed by atoms with Crippen LogP contribution in [-0.2, 0) is 14.3 Å². The van der Waals surface area contributed by atoms with Gasteiger partial charge in [0.25, 0.3) is 5.91 Å². The topological polar surface area (TPSA) is 93.3 Å². The second kappa shape index (κ2) is 8.65. The minimum absolute atomic E-state index is 0.143. The Bertz CT molecular complexity index is 1010. The van der Waals surface area contributed by atoms with Crippen molar-refractivity contribution in [3.8, 4) is 11.8 Å². The summed E-state index contributed by atoms with van der Waals surface area (Å²) in [6.07, 6.45) is 3.81. The van der Waals surface area contributed by atoms with Crippen LogP contribution in [0.2, 0.25) is 0 Å². The van der Waals surface area contributed by atoms with Crippen molar-refractivity contribution < 1.29 is 19.1 Å². The molecule has 1 N–H and O–H groups in total. The van der Waals surface area contributed by atoms with Crippen molar-refractivity contribution in [3.05, 3.63) is 52.9 Å². The van der Waals surface area contributed by atoms with Gasteiger partial charge in [0.2, 0.25) is 0 Å². The average Bonchev–Trinajstić information content (AvgIpc) is 3.50. The van der Waals surface area contributed by atoms with Crippen LogP contribution < -0.4 is 10.1 Å². The second-order valence-electron chi connectivity index (χ2n) is 6.95. The van der Waals surface area contributed by atoms with Gasteiger partial charge < -0.3 is 19.4 Å². The van der Waals surface area contributed by atoms with Crippen LogP contribution in [0.15, 0.2) is 35.9 Å². The normalized spacial score (nSPS) is 13.5. The van der Waals surface area contributed by atoms with Gasteiger partial charge in [0.05, 0.1) is 7.11 Å². The van der Waals surface area contributed by atoms with E-state index in [1.54, 1.807) is 24.3 Å². The number of rotatable bonds is 7. The summed E-state index contributed by atoms with van der Waals surface area (Å²) < 4.78 is 12.3. The number of ether oxygens (including phenoxy) is 2. The molecular formula is C22H23N3O4. The zero-order chi connectivity index (χ0) is 21.0. The first-order valence-corrected chi connectivity index (χ1v) is 9.34. The molecule has 0 atom stereocenters. The summed E-state index contributed by atoms with van der Waals surface area (Å²) in [4.78, 5) is 24.3. The molecule has 7 heteroatoms. The number of methoxy groups -OCH3 is 1. The van der Waals surface area contributed by atoms with Crippen molar-refractivity contribution in [2.24, 2.45) is 0 Å². The van der Waals surface area contributed by atoms with E-state index in [-0.39, 0.29) is 5.57 Å². The maximum absolute atomic E-state index is 12.3. The van der Waals surface area contributed by atoms with Gasteiger partial charge in [-0.15, -0.1) is 0 Å². The van der Waals surface area contributed by atoms with Crippen LogP contribution >= 0.6 is 0 Å². The largest absolute Gasteiger partial charge is 0.497 e. The minimum Gasteiger partial charge on any atom is -0.497 e. The molecule has 0 unspecified atom stereocenters. The van der Waals surface area contributed by atoms with Gasteiger partial charge in [-0.25, -0.2) is 4.79 Å². The van der Waals surface area contributed by atoms with E-state index >= 15 is 0 Å². The van der Waals surface area contributed by atoms with Gasteiger partial charge in [0.15, 0.2) is 6.61 Å². The first kappa shape index (κ1) is 20.2. The highest BCUT2D eigenvalue weighted by Crippen LogP contribution is 2.38. The molecule has 1 aromatic carbocycles. The van der Waals surface area contributed by atoms with Crippen LogP contribution in [0.5, 0.6) is 5.75 Å². The molecule has 3 rings (SSSR count). The number of amides is 1. The minimum atomic E-state index is -0.829. The number of nitrogens with one attached hydrogen (secondary N) is 1. The molecule has 1 heterocycles. The number of anilines is 1.